The number of rotatable bonds is 3. The number of nitriles is 1. The molecule has 0 spiro atoms. The summed E-state index contributed by atoms with van der Waals surface area (Å²) in [5.41, 5.74) is 0.594. The van der Waals surface area contributed by atoms with Gasteiger partial charge in [-0.15, -0.1) is 0 Å². The zero-order valence-corrected chi connectivity index (χ0v) is 10.3. The van der Waals surface area contributed by atoms with Crippen molar-refractivity contribution in [3.63, 3.8) is 0 Å². The normalized spacial score (nSPS) is 21.7. The Bertz CT molecular complexity index is 401. The summed E-state index contributed by atoms with van der Waals surface area (Å²) in [6, 6.07) is 12.3. The second-order valence-corrected chi connectivity index (χ2v) is 5.12. The maximum atomic E-state index is 10.5. The van der Waals surface area contributed by atoms with Gasteiger partial charge in [0.15, 0.2) is 0 Å². The molecule has 0 radical (unpaired) electrons. The highest BCUT2D eigenvalue weighted by Gasteiger charge is 2.43. The molecule has 17 heavy (non-hydrogen) atoms. The molecule has 1 fully saturated rings. The van der Waals surface area contributed by atoms with E-state index in [0.717, 1.165) is 31.2 Å². The number of aliphatic hydroxyl groups is 1. The minimum atomic E-state index is -0.558. The van der Waals surface area contributed by atoms with E-state index in [1.54, 1.807) is 0 Å². The first-order chi connectivity index (χ1) is 8.19. The SMILES string of the molecule is CC(c1ccccc1)C(O)C1(C#N)CCCC1. The molecule has 2 unspecified atom stereocenters. The fourth-order valence-electron chi connectivity index (χ4n) is 2.90. The van der Waals surface area contributed by atoms with Crippen LogP contribution in [0.5, 0.6) is 0 Å². The first-order valence-electron chi connectivity index (χ1n) is 6.34. The van der Waals surface area contributed by atoms with Crippen molar-refractivity contribution in [3.8, 4) is 6.07 Å². The molecule has 2 nitrogen and oxygen atoms in total. The van der Waals surface area contributed by atoms with E-state index < -0.39 is 11.5 Å². The van der Waals surface area contributed by atoms with Crippen molar-refractivity contribution in [2.45, 2.75) is 44.6 Å². The van der Waals surface area contributed by atoms with E-state index in [1.807, 2.05) is 37.3 Å². The van der Waals surface area contributed by atoms with Gasteiger partial charge in [-0.05, 0) is 18.4 Å². The second-order valence-electron chi connectivity index (χ2n) is 5.12. The standard InChI is InChI=1S/C15H19NO/c1-12(13-7-3-2-4-8-13)14(17)15(11-16)9-5-6-10-15/h2-4,7-8,12,14,17H,5-6,9-10H2,1H3. The van der Waals surface area contributed by atoms with E-state index >= 15 is 0 Å². The minimum absolute atomic E-state index is 0.0222. The lowest BCUT2D eigenvalue weighted by atomic mass is 9.74. The van der Waals surface area contributed by atoms with Gasteiger partial charge in [0.05, 0.1) is 17.6 Å². The molecule has 0 aliphatic heterocycles. The van der Waals surface area contributed by atoms with E-state index in [0.29, 0.717) is 0 Å². The Hall–Kier alpha value is -1.33. The summed E-state index contributed by atoms with van der Waals surface area (Å²) >= 11 is 0. The van der Waals surface area contributed by atoms with Crippen molar-refractivity contribution in [1.82, 2.24) is 0 Å². The highest BCUT2D eigenvalue weighted by atomic mass is 16.3. The molecule has 90 valence electrons. The first kappa shape index (κ1) is 12.1. The third-order valence-electron chi connectivity index (χ3n) is 4.08. The molecular formula is C15H19NO. The highest BCUT2D eigenvalue weighted by Crippen LogP contribution is 2.44. The van der Waals surface area contributed by atoms with Crippen LogP contribution in [0, 0.1) is 16.7 Å². The van der Waals surface area contributed by atoms with E-state index in [1.165, 1.54) is 0 Å². The summed E-state index contributed by atoms with van der Waals surface area (Å²) in [5, 5.41) is 19.9. The lowest BCUT2D eigenvalue weighted by Crippen LogP contribution is -2.35. The highest BCUT2D eigenvalue weighted by molar-refractivity contribution is 5.23. The molecule has 0 saturated heterocycles. The van der Waals surface area contributed by atoms with Crippen LogP contribution < -0.4 is 0 Å². The van der Waals surface area contributed by atoms with Gasteiger partial charge in [-0.3, -0.25) is 0 Å². The Balaban J connectivity index is 2.20. The summed E-state index contributed by atoms with van der Waals surface area (Å²) in [4.78, 5) is 0. The maximum Gasteiger partial charge on any atom is 0.0838 e. The Morgan fingerprint density at radius 1 is 1.24 bits per heavy atom. The van der Waals surface area contributed by atoms with Crippen molar-refractivity contribution >= 4 is 0 Å². The molecule has 0 aromatic heterocycles. The monoisotopic (exact) mass is 229 g/mol. The summed E-state index contributed by atoms with van der Waals surface area (Å²) in [6.07, 6.45) is 3.24. The molecular weight excluding hydrogens is 210 g/mol. The van der Waals surface area contributed by atoms with Crippen LogP contribution in [-0.2, 0) is 0 Å². The molecule has 2 heteroatoms. The van der Waals surface area contributed by atoms with Crippen LogP contribution in [0.1, 0.15) is 44.1 Å². The smallest absolute Gasteiger partial charge is 0.0838 e. The topological polar surface area (TPSA) is 44.0 Å². The van der Waals surface area contributed by atoms with Gasteiger partial charge in [0.25, 0.3) is 0 Å². The van der Waals surface area contributed by atoms with Gasteiger partial charge in [-0.1, -0.05) is 50.1 Å². The van der Waals surface area contributed by atoms with Gasteiger partial charge >= 0.3 is 0 Å². The van der Waals surface area contributed by atoms with Crippen molar-refractivity contribution < 1.29 is 5.11 Å². The number of hydrogen-bond donors (Lipinski definition) is 1. The van der Waals surface area contributed by atoms with Gasteiger partial charge < -0.3 is 5.11 Å². The average molecular weight is 229 g/mol. The van der Waals surface area contributed by atoms with Crippen molar-refractivity contribution in [3.05, 3.63) is 35.9 Å². The van der Waals surface area contributed by atoms with E-state index in [9.17, 15) is 10.4 Å². The predicted molar refractivity (Wildman–Crippen MR) is 67.4 cm³/mol. The average Bonchev–Trinajstić information content (AvgIpc) is 2.88. The van der Waals surface area contributed by atoms with E-state index in [2.05, 4.69) is 6.07 Å². The van der Waals surface area contributed by atoms with Gasteiger partial charge in [0.1, 0.15) is 0 Å². The zero-order valence-electron chi connectivity index (χ0n) is 10.3. The molecule has 0 heterocycles. The number of benzene rings is 1. The molecule has 1 aromatic rings. The van der Waals surface area contributed by atoms with Crippen molar-refractivity contribution in [1.29, 1.82) is 5.26 Å². The molecule has 0 bridgehead atoms. The Morgan fingerprint density at radius 3 is 2.35 bits per heavy atom. The summed E-state index contributed by atoms with van der Waals surface area (Å²) in [5.74, 6) is 0.0222. The van der Waals surface area contributed by atoms with Gasteiger partial charge in [0.2, 0.25) is 0 Å². The van der Waals surface area contributed by atoms with Gasteiger partial charge in [-0.2, -0.15) is 5.26 Å². The molecule has 1 saturated carbocycles. The number of hydrogen-bond acceptors (Lipinski definition) is 2. The van der Waals surface area contributed by atoms with Crippen LogP contribution >= 0.6 is 0 Å². The Labute approximate surface area is 103 Å². The van der Waals surface area contributed by atoms with E-state index in [-0.39, 0.29) is 5.92 Å². The first-order valence-corrected chi connectivity index (χ1v) is 6.34. The predicted octanol–water partition coefficient (Wildman–Crippen LogP) is 3.23. The largest absolute Gasteiger partial charge is 0.391 e. The minimum Gasteiger partial charge on any atom is -0.391 e. The molecule has 0 amide bonds. The number of nitrogens with zero attached hydrogens (tertiary/aromatic N) is 1. The molecule has 1 aliphatic carbocycles. The maximum absolute atomic E-state index is 10.5. The van der Waals surface area contributed by atoms with Crippen LogP contribution in [0.15, 0.2) is 30.3 Å². The lowest BCUT2D eigenvalue weighted by molar-refractivity contribution is 0.0477. The fraction of sp³-hybridized carbons (Fsp3) is 0.533. The zero-order chi connectivity index (χ0) is 12.3. The van der Waals surface area contributed by atoms with Crippen molar-refractivity contribution in [2.75, 3.05) is 0 Å². The quantitative estimate of drug-likeness (QED) is 0.864. The third kappa shape index (κ3) is 2.21. The van der Waals surface area contributed by atoms with Crippen LogP contribution in [0.4, 0.5) is 0 Å². The number of aliphatic hydroxyl groups excluding tert-OH is 1. The summed E-state index contributed by atoms with van der Waals surface area (Å²) in [6.45, 7) is 2.01. The molecule has 2 atom stereocenters. The van der Waals surface area contributed by atoms with Crippen LogP contribution in [-0.4, -0.2) is 11.2 Å². The van der Waals surface area contributed by atoms with E-state index in [4.69, 9.17) is 0 Å². The summed E-state index contributed by atoms with van der Waals surface area (Å²) in [7, 11) is 0. The van der Waals surface area contributed by atoms with Crippen molar-refractivity contribution in [2.24, 2.45) is 5.41 Å². The Kier molecular flexibility index (Phi) is 3.49. The van der Waals surface area contributed by atoms with Crippen LogP contribution in [0.25, 0.3) is 0 Å². The molecule has 2 rings (SSSR count). The molecule has 1 aromatic carbocycles. The summed E-state index contributed by atoms with van der Waals surface area (Å²) < 4.78 is 0. The van der Waals surface area contributed by atoms with Gasteiger partial charge in [-0.25, -0.2) is 0 Å². The molecule has 1 aliphatic rings. The lowest BCUT2D eigenvalue weighted by Gasteiger charge is -2.31. The third-order valence-corrected chi connectivity index (χ3v) is 4.08. The molecule has 1 N–H and O–H groups in total. The second kappa shape index (κ2) is 4.89. The Morgan fingerprint density at radius 2 is 1.82 bits per heavy atom. The van der Waals surface area contributed by atoms with Gasteiger partial charge in [0, 0.05) is 5.92 Å². The fourth-order valence-corrected chi connectivity index (χ4v) is 2.90. The van der Waals surface area contributed by atoms with Crippen LogP contribution in [0.2, 0.25) is 0 Å². The van der Waals surface area contributed by atoms with Crippen LogP contribution in [0.3, 0.4) is 0 Å².